The van der Waals surface area contributed by atoms with Crippen molar-refractivity contribution in [2.24, 2.45) is 0 Å². The van der Waals surface area contributed by atoms with Crippen molar-refractivity contribution in [1.29, 1.82) is 0 Å². The number of hydrogen-bond acceptors (Lipinski definition) is 3. The number of amides is 2. The first-order chi connectivity index (χ1) is 12.5. The maximum atomic E-state index is 12.4. The van der Waals surface area contributed by atoms with Crippen LogP contribution in [-0.4, -0.2) is 54.3 Å². The van der Waals surface area contributed by atoms with Crippen molar-refractivity contribution in [3.63, 3.8) is 0 Å². The summed E-state index contributed by atoms with van der Waals surface area (Å²) >= 11 is 6.31. The highest BCUT2D eigenvalue weighted by molar-refractivity contribution is 6.31. The van der Waals surface area contributed by atoms with Gasteiger partial charge in [0.25, 0.3) is 0 Å². The number of nitrogens with one attached hydrogen (secondary N) is 1. The third-order valence-electron chi connectivity index (χ3n) is 5.01. The Labute approximate surface area is 161 Å². The van der Waals surface area contributed by atoms with E-state index in [9.17, 15) is 9.59 Å². The number of carbonyl (C=O) groups is 2. The average molecular weight is 380 g/mol. The number of unbranched alkanes of at least 4 members (excludes halogenated alkanes) is 2. The van der Waals surface area contributed by atoms with Crippen molar-refractivity contribution in [2.75, 3.05) is 32.7 Å². The van der Waals surface area contributed by atoms with E-state index in [4.69, 9.17) is 11.6 Å². The van der Waals surface area contributed by atoms with Crippen LogP contribution in [-0.2, 0) is 9.59 Å². The Balaban J connectivity index is 1.68. The Morgan fingerprint density at radius 3 is 2.46 bits per heavy atom. The monoisotopic (exact) mass is 379 g/mol. The second-order valence-electron chi connectivity index (χ2n) is 6.91. The summed E-state index contributed by atoms with van der Waals surface area (Å²) in [6, 6.07) is 8.23. The number of nitrogens with zero attached hydrogens (tertiary/aromatic N) is 2. The molecule has 2 amide bonds. The van der Waals surface area contributed by atoms with Gasteiger partial charge in [-0.1, -0.05) is 36.2 Å². The van der Waals surface area contributed by atoms with Crippen molar-refractivity contribution < 1.29 is 9.59 Å². The normalized spacial score (nSPS) is 16.3. The molecule has 6 heteroatoms. The van der Waals surface area contributed by atoms with Crippen LogP contribution in [0.2, 0.25) is 5.02 Å². The summed E-state index contributed by atoms with van der Waals surface area (Å²) in [5.74, 6) is 0.250. The average Bonchev–Trinajstić information content (AvgIpc) is 2.64. The van der Waals surface area contributed by atoms with Crippen molar-refractivity contribution in [2.45, 2.75) is 45.6 Å². The molecule has 0 aliphatic carbocycles. The largest absolute Gasteiger partial charge is 0.356 e. The van der Waals surface area contributed by atoms with E-state index in [-0.39, 0.29) is 17.9 Å². The second kappa shape index (κ2) is 10.5. The summed E-state index contributed by atoms with van der Waals surface area (Å²) in [7, 11) is 0. The lowest BCUT2D eigenvalue weighted by Crippen LogP contribution is -2.49. The zero-order chi connectivity index (χ0) is 18.9. The number of piperazine rings is 1. The van der Waals surface area contributed by atoms with Gasteiger partial charge in [-0.3, -0.25) is 14.5 Å². The summed E-state index contributed by atoms with van der Waals surface area (Å²) < 4.78 is 0. The molecule has 0 radical (unpaired) electrons. The summed E-state index contributed by atoms with van der Waals surface area (Å²) in [5, 5.41) is 3.58. The minimum Gasteiger partial charge on any atom is -0.356 e. The van der Waals surface area contributed by atoms with Gasteiger partial charge in [0, 0.05) is 57.1 Å². The van der Waals surface area contributed by atoms with E-state index in [0.29, 0.717) is 13.0 Å². The van der Waals surface area contributed by atoms with Gasteiger partial charge in [-0.2, -0.15) is 0 Å². The van der Waals surface area contributed by atoms with E-state index < -0.39 is 0 Å². The van der Waals surface area contributed by atoms with E-state index >= 15 is 0 Å². The number of benzene rings is 1. The highest BCUT2D eigenvalue weighted by Gasteiger charge is 2.25. The van der Waals surface area contributed by atoms with Gasteiger partial charge in [-0.25, -0.2) is 0 Å². The number of carbonyl (C=O) groups excluding carboxylic acids is 2. The standard InChI is InChI=1S/C20H30ClN3O2/c1-16(18-8-5-6-9-19(18)21)23-12-14-24(15-13-23)20(26)10-4-3-7-11-22-17(2)25/h5-6,8-9,16H,3-4,7,10-15H2,1-2H3,(H,22,25). The van der Waals surface area contributed by atoms with Crippen LogP contribution in [0, 0.1) is 0 Å². The van der Waals surface area contributed by atoms with Crippen LogP contribution in [0.5, 0.6) is 0 Å². The molecule has 1 fully saturated rings. The predicted octanol–water partition coefficient (Wildman–Crippen LogP) is 3.24. The molecule has 0 saturated carbocycles. The summed E-state index contributed by atoms with van der Waals surface area (Å²) in [5.41, 5.74) is 1.15. The van der Waals surface area contributed by atoms with Gasteiger partial charge in [0.15, 0.2) is 0 Å². The van der Waals surface area contributed by atoms with Gasteiger partial charge in [0.05, 0.1) is 0 Å². The fourth-order valence-corrected chi connectivity index (χ4v) is 3.66. The third kappa shape index (κ3) is 6.29. The first-order valence-corrected chi connectivity index (χ1v) is 9.87. The number of halogens is 1. The van der Waals surface area contributed by atoms with Crippen LogP contribution >= 0.6 is 11.6 Å². The molecule has 26 heavy (non-hydrogen) atoms. The molecule has 1 heterocycles. The molecular weight excluding hydrogens is 350 g/mol. The van der Waals surface area contributed by atoms with Gasteiger partial charge < -0.3 is 10.2 Å². The molecule has 0 aromatic heterocycles. The van der Waals surface area contributed by atoms with Crippen LogP contribution in [0.4, 0.5) is 0 Å². The molecule has 0 bridgehead atoms. The minimum atomic E-state index is 0.00460. The topological polar surface area (TPSA) is 52.7 Å². The quantitative estimate of drug-likeness (QED) is 0.705. The van der Waals surface area contributed by atoms with Gasteiger partial charge in [-0.15, -0.1) is 0 Å². The maximum absolute atomic E-state index is 12.4. The Hall–Kier alpha value is -1.59. The molecule has 1 unspecified atom stereocenters. The lowest BCUT2D eigenvalue weighted by Gasteiger charge is -2.38. The Morgan fingerprint density at radius 2 is 1.81 bits per heavy atom. The van der Waals surface area contributed by atoms with Crippen molar-refractivity contribution >= 4 is 23.4 Å². The zero-order valence-corrected chi connectivity index (χ0v) is 16.6. The fourth-order valence-electron chi connectivity index (χ4n) is 3.37. The van der Waals surface area contributed by atoms with E-state index in [1.54, 1.807) is 0 Å². The molecule has 144 valence electrons. The molecule has 1 aromatic rings. The number of hydrogen-bond donors (Lipinski definition) is 1. The minimum absolute atomic E-state index is 0.00460. The molecule has 1 aliphatic rings. The van der Waals surface area contributed by atoms with E-state index in [1.807, 2.05) is 23.1 Å². The smallest absolute Gasteiger partial charge is 0.222 e. The Bertz CT molecular complexity index is 600. The fraction of sp³-hybridized carbons (Fsp3) is 0.600. The highest BCUT2D eigenvalue weighted by Crippen LogP contribution is 2.27. The summed E-state index contributed by atoms with van der Waals surface area (Å²) in [6.45, 7) is 7.70. The van der Waals surface area contributed by atoms with Crippen LogP contribution in [0.25, 0.3) is 0 Å². The Morgan fingerprint density at radius 1 is 1.12 bits per heavy atom. The maximum Gasteiger partial charge on any atom is 0.222 e. The summed E-state index contributed by atoms with van der Waals surface area (Å²) in [6.07, 6.45) is 3.38. The van der Waals surface area contributed by atoms with Crippen molar-refractivity contribution in [1.82, 2.24) is 15.1 Å². The van der Waals surface area contributed by atoms with Gasteiger partial charge >= 0.3 is 0 Å². The summed E-state index contributed by atoms with van der Waals surface area (Å²) in [4.78, 5) is 27.5. The van der Waals surface area contributed by atoms with E-state index in [0.717, 1.165) is 56.0 Å². The third-order valence-corrected chi connectivity index (χ3v) is 5.36. The molecular formula is C20H30ClN3O2. The number of rotatable bonds is 8. The first kappa shape index (κ1) is 20.7. The van der Waals surface area contributed by atoms with Crippen LogP contribution in [0.3, 0.4) is 0 Å². The molecule has 5 nitrogen and oxygen atoms in total. The molecule has 1 aliphatic heterocycles. The lowest BCUT2D eigenvalue weighted by atomic mass is 10.1. The van der Waals surface area contributed by atoms with E-state index in [1.165, 1.54) is 6.92 Å². The van der Waals surface area contributed by atoms with Crippen LogP contribution < -0.4 is 5.32 Å². The van der Waals surface area contributed by atoms with Gasteiger partial charge in [0.2, 0.25) is 11.8 Å². The molecule has 1 saturated heterocycles. The zero-order valence-electron chi connectivity index (χ0n) is 15.8. The highest BCUT2D eigenvalue weighted by atomic mass is 35.5. The predicted molar refractivity (Wildman–Crippen MR) is 105 cm³/mol. The van der Waals surface area contributed by atoms with Gasteiger partial charge in [0.1, 0.15) is 0 Å². The van der Waals surface area contributed by atoms with Crippen LogP contribution in [0.15, 0.2) is 24.3 Å². The van der Waals surface area contributed by atoms with Crippen molar-refractivity contribution in [3.8, 4) is 0 Å². The van der Waals surface area contributed by atoms with Crippen molar-refractivity contribution in [3.05, 3.63) is 34.9 Å². The first-order valence-electron chi connectivity index (χ1n) is 9.49. The Kier molecular flexibility index (Phi) is 8.39. The second-order valence-corrected chi connectivity index (χ2v) is 7.32. The van der Waals surface area contributed by atoms with E-state index in [2.05, 4.69) is 23.2 Å². The SMILES string of the molecule is CC(=O)NCCCCCC(=O)N1CCN(C(C)c2ccccc2Cl)CC1. The molecule has 1 aromatic carbocycles. The molecule has 1 N–H and O–H groups in total. The van der Waals surface area contributed by atoms with Gasteiger partial charge in [-0.05, 0) is 31.4 Å². The molecule has 2 rings (SSSR count). The van der Waals surface area contributed by atoms with Crippen LogP contribution in [0.1, 0.15) is 51.1 Å². The molecule has 1 atom stereocenters. The lowest BCUT2D eigenvalue weighted by molar-refractivity contribution is -0.133. The molecule has 0 spiro atoms.